The van der Waals surface area contributed by atoms with E-state index >= 15 is 0 Å². The number of halogens is 1. The van der Waals surface area contributed by atoms with Gasteiger partial charge in [0.15, 0.2) is 5.65 Å². The van der Waals surface area contributed by atoms with Crippen LogP contribution < -0.4 is 5.32 Å². The minimum absolute atomic E-state index is 0.305. The van der Waals surface area contributed by atoms with Crippen molar-refractivity contribution >= 4 is 49.9 Å². The summed E-state index contributed by atoms with van der Waals surface area (Å²) in [5, 5.41) is 13.0. The van der Waals surface area contributed by atoms with Crippen LogP contribution >= 0.6 is 15.9 Å². The number of amides is 1. The molecular weight excluding hydrogens is 478 g/mol. The number of hydrogen-bond acceptors (Lipinski definition) is 4. The van der Waals surface area contributed by atoms with Gasteiger partial charge in [-0.2, -0.15) is 5.26 Å². The highest BCUT2D eigenvalue weighted by molar-refractivity contribution is 9.10. The highest BCUT2D eigenvalue weighted by Crippen LogP contribution is 2.30. The van der Waals surface area contributed by atoms with Gasteiger partial charge >= 0.3 is 0 Å². The molecule has 5 aromatic rings. The molecule has 6 nitrogen and oxygen atoms in total. The molecule has 3 aromatic carbocycles. The summed E-state index contributed by atoms with van der Waals surface area (Å²) >= 11 is 3.40. The highest BCUT2D eigenvalue weighted by Gasteiger charge is 2.22. The first-order chi connectivity index (χ1) is 16.1. The minimum atomic E-state index is -0.305. The van der Waals surface area contributed by atoms with Crippen molar-refractivity contribution in [3.05, 3.63) is 100 Å². The molecule has 0 saturated heterocycles. The second-order valence-electron chi connectivity index (χ2n) is 7.57. The molecular formula is C26H18BrN5O. The summed E-state index contributed by atoms with van der Waals surface area (Å²) in [6.07, 6.45) is 0.712. The number of hydrogen-bond donors (Lipinski definition) is 1. The van der Waals surface area contributed by atoms with Gasteiger partial charge in [0, 0.05) is 16.6 Å². The van der Waals surface area contributed by atoms with Crippen molar-refractivity contribution in [1.29, 1.82) is 5.26 Å². The number of nitriles is 1. The number of benzene rings is 3. The molecule has 0 aliphatic heterocycles. The summed E-state index contributed by atoms with van der Waals surface area (Å²) < 4.78 is 2.69. The van der Waals surface area contributed by atoms with Crippen LogP contribution in [0.5, 0.6) is 0 Å². The van der Waals surface area contributed by atoms with Crippen molar-refractivity contribution in [3.8, 4) is 6.07 Å². The van der Waals surface area contributed by atoms with Crippen molar-refractivity contribution in [1.82, 2.24) is 14.5 Å². The third kappa shape index (κ3) is 4.09. The van der Waals surface area contributed by atoms with Gasteiger partial charge in [-0.25, -0.2) is 9.97 Å². The molecule has 0 radical (unpaired) electrons. The number of anilines is 1. The maximum Gasteiger partial charge on any atom is 0.256 e. The summed E-state index contributed by atoms with van der Waals surface area (Å²) in [5.74, 6) is 0.102. The number of fused-ring (bicyclic) bond motifs is 2. The van der Waals surface area contributed by atoms with Crippen molar-refractivity contribution in [2.45, 2.75) is 13.0 Å². The van der Waals surface area contributed by atoms with Gasteiger partial charge in [0.05, 0.1) is 11.0 Å². The SMILES string of the molecule is N#Cc1c(NC(=O)c2cccc(Br)c2)n(CCc2ccccc2)c2nc3ccccc3nc12. The van der Waals surface area contributed by atoms with Crippen LogP contribution in [0.3, 0.4) is 0 Å². The predicted molar refractivity (Wildman–Crippen MR) is 132 cm³/mol. The zero-order chi connectivity index (χ0) is 22.8. The Morgan fingerprint density at radius 1 is 0.970 bits per heavy atom. The van der Waals surface area contributed by atoms with Gasteiger partial charge in [-0.15, -0.1) is 0 Å². The number of aromatic nitrogens is 3. The van der Waals surface area contributed by atoms with Gasteiger partial charge in [0.25, 0.3) is 5.91 Å². The Hall–Kier alpha value is -4.02. The molecule has 0 unspecified atom stereocenters. The monoisotopic (exact) mass is 495 g/mol. The smallest absolute Gasteiger partial charge is 0.256 e. The first kappa shape index (κ1) is 20.9. The normalized spacial score (nSPS) is 10.9. The lowest BCUT2D eigenvalue weighted by atomic mass is 10.1. The fourth-order valence-electron chi connectivity index (χ4n) is 3.85. The lowest BCUT2D eigenvalue weighted by Crippen LogP contribution is -2.17. The van der Waals surface area contributed by atoms with Crippen molar-refractivity contribution in [2.24, 2.45) is 0 Å². The number of carbonyl (C=O) groups is 1. The molecule has 0 aliphatic rings. The van der Waals surface area contributed by atoms with Gasteiger partial charge in [-0.3, -0.25) is 4.79 Å². The van der Waals surface area contributed by atoms with Crippen LogP contribution in [-0.4, -0.2) is 20.4 Å². The van der Waals surface area contributed by atoms with E-state index in [2.05, 4.69) is 39.4 Å². The van der Waals surface area contributed by atoms with E-state index in [9.17, 15) is 10.1 Å². The number of rotatable bonds is 5. The van der Waals surface area contributed by atoms with E-state index < -0.39 is 0 Å². The van der Waals surface area contributed by atoms with E-state index in [1.807, 2.05) is 53.1 Å². The van der Waals surface area contributed by atoms with Crippen LogP contribution in [0.25, 0.3) is 22.2 Å². The largest absolute Gasteiger partial charge is 0.309 e. The molecule has 1 amide bonds. The molecule has 0 bridgehead atoms. The summed E-state index contributed by atoms with van der Waals surface area (Å²) in [4.78, 5) is 22.6. The molecule has 0 atom stereocenters. The molecule has 160 valence electrons. The molecule has 0 saturated carbocycles. The maximum atomic E-state index is 13.1. The summed E-state index contributed by atoms with van der Waals surface area (Å²) in [7, 11) is 0. The maximum absolute atomic E-state index is 13.1. The second kappa shape index (κ2) is 8.85. The molecule has 1 N–H and O–H groups in total. The molecule has 2 aromatic heterocycles. The standard InChI is InChI=1S/C26H18BrN5O/c27-19-10-6-9-18(15-19)26(33)31-24-20(16-28)23-25(30-22-12-5-4-11-21(22)29-23)32(24)14-13-17-7-2-1-3-8-17/h1-12,15H,13-14H2,(H,31,33). The Balaban J connectivity index is 1.65. The van der Waals surface area contributed by atoms with Crippen molar-refractivity contribution < 1.29 is 4.79 Å². The Kier molecular flexibility index (Phi) is 5.59. The van der Waals surface area contributed by atoms with Crippen LogP contribution in [0.1, 0.15) is 21.5 Å². The summed E-state index contributed by atoms with van der Waals surface area (Å²) in [6.45, 7) is 0.531. The van der Waals surface area contributed by atoms with Gasteiger partial charge in [-0.05, 0) is 42.3 Å². The minimum Gasteiger partial charge on any atom is -0.309 e. The lowest BCUT2D eigenvalue weighted by molar-refractivity contribution is 0.102. The van der Waals surface area contributed by atoms with Gasteiger partial charge in [0.2, 0.25) is 0 Å². The van der Waals surface area contributed by atoms with E-state index in [0.29, 0.717) is 46.6 Å². The average Bonchev–Trinajstić information content (AvgIpc) is 3.12. The average molecular weight is 496 g/mol. The number of carbonyl (C=O) groups excluding carboxylic acids is 1. The topological polar surface area (TPSA) is 83.6 Å². The molecule has 0 aliphatic carbocycles. The zero-order valence-electron chi connectivity index (χ0n) is 17.5. The summed E-state index contributed by atoms with van der Waals surface area (Å²) in [6, 6.07) is 27.0. The zero-order valence-corrected chi connectivity index (χ0v) is 19.1. The van der Waals surface area contributed by atoms with Gasteiger partial charge < -0.3 is 9.88 Å². The van der Waals surface area contributed by atoms with E-state index in [0.717, 1.165) is 15.6 Å². The second-order valence-corrected chi connectivity index (χ2v) is 8.49. The molecule has 2 heterocycles. The third-order valence-electron chi connectivity index (χ3n) is 5.45. The Labute approximate surface area is 198 Å². The van der Waals surface area contributed by atoms with Crippen LogP contribution in [-0.2, 0) is 13.0 Å². The van der Waals surface area contributed by atoms with E-state index in [1.54, 1.807) is 18.2 Å². The van der Waals surface area contributed by atoms with Crippen molar-refractivity contribution in [3.63, 3.8) is 0 Å². The molecule has 33 heavy (non-hydrogen) atoms. The number of para-hydroxylation sites is 2. The lowest BCUT2D eigenvalue weighted by Gasteiger charge is -2.12. The van der Waals surface area contributed by atoms with E-state index in [4.69, 9.17) is 9.97 Å². The van der Waals surface area contributed by atoms with Crippen LogP contribution in [0.15, 0.2) is 83.3 Å². The highest BCUT2D eigenvalue weighted by atomic mass is 79.9. The van der Waals surface area contributed by atoms with Gasteiger partial charge in [-0.1, -0.05) is 64.5 Å². The molecule has 7 heteroatoms. The van der Waals surface area contributed by atoms with Crippen LogP contribution in [0.4, 0.5) is 5.82 Å². The first-order valence-corrected chi connectivity index (χ1v) is 11.2. The fraction of sp³-hybridized carbons (Fsp3) is 0.0769. The van der Waals surface area contributed by atoms with E-state index in [-0.39, 0.29) is 5.91 Å². The fourth-order valence-corrected chi connectivity index (χ4v) is 4.25. The number of nitrogens with one attached hydrogen (secondary N) is 1. The van der Waals surface area contributed by atoms with Crippen LogP contribution in [0.2, 0.25) is 0 Å². The van der Waals surface area contributed by atoms with E-state index in [1.165, 1.54) is 0 Å². The van der Waals surface area contributed by atoms with Crippen LogP contribution in [0, 0.1) is 11.3 Å². The Morgan fingerprint density at radius 3 is 2.42 bits per heavy atom. The van der Waals surface area contributed by atoms with Crippen molar-refractivity contribution in [2.75, 3.05) is 5.32 Å². The predicted octanol–water partition coefficient (Wildman–Crippen LogP) is 5.71. The quantitative estimate of drug-likeness (QED) is 0.338. The Morgan fingerprint density at radius 2 is 1.70 bits per heavy atom. The molecule has 0 spiro atoms. The third-order valence-corrected chi connectivity index (χ3v) is 5.94. The Bertz CT molecular complexity index is 1540. The number of nitrogens with zero attached hydrogens (tertiary/aromatic N) is 4. The molecule has 5 rings (SSSR count). The first-order valence-electron chi connectivity index (χ1n) is 10.4. The molecule has 0 fully saturated rings. The van der Waals surface area contributed by atoms with Gasteiger partial charge in [0.1, 0.15) is 23.0 Å². The summed E-state index contributed by atoms with van der Waals surface area (Å²) in [5.41, 5.74) is 4.43. The number of aryl methyl sites for hydroxylation is 2.